The average molecular weight is 305 g/mol. The van der Waals surface area contributed by atoms with Crippen molar-refractivity contribution >= 4 is 5.96 Å². The molecule has 1 saturated carbocycles. The third-order valence-corrected chi connectivity index (χ3v) is 4.63. The highest BCUT2D eigenvalue weighted by Crippen LogP contribution is 2.18. The Kier molecular flexibility index (Phi) is 6.28. The van der Waals surface area contributed by atoms with E-state index >= 15 is 0 Å². The van der Waals surface area contributed by atoms with E-state index in [1.807, 2.05) is 18.8 Å². The summed E-state index contributed by atoms with van der Waals surface area (Å²) in [4.78, 5) is 4.38. The van der Waals surface area contributed by atoms with Crippen molar-refractivity contribution < 1.29 is 0 Å². The van der Waals surface area contributed by atoms with Gasteiger partial charge in [0.05, 0.1) is 5.69 Å². The summed E-state index contributed by atoms with van der Waals surface area (Å²) in [6, 6.07) is 0.574. The van der Waals surface area contributed by atoms with Gasteiger partial charge < -0.3 is 10.6 Å². The van der Waals surface area contributed by atoms with Crippen molar-refractivity contribution in [2.75, 3.05) is 7.05 Å². The zero-order valence-corrected chi connectivity index (χ0v) is 14.6. The lowest BCUT2D eigenvalue weighted by atomic mass is 9.96. The lowest BCUT2D eigenvalue weighted by Crippen LogP contribution is -2.44. The molecule has 0 bridgehead atoms. The van der Waals surface area contributed by atoms with Crippen LogP contribution in [0.5, 0.6) is 0 Å². The number of nitrogens with one attached hydrogen (secondary N) is 2. The van der Waals surface area contributed by atoms with Crippen molar-refractivity contribution in [3.05, 3.63) is 17.0 Å². The molecule has 0 aromatic carbocycles. The first kappa shape index (κ1) is 16.8. The highest BCUT2D eigenvalue weighted by molar-refractivity contribution is 5.80. The second-order valence-corrected chi connectivity index (χ2v) is 6.11. The number of hydrogen-bond acceptors (Lipinski definition) is 2. The molecule has 2 N–H and O–H groups in total. The Morgan fingerprint density at radius 1 is 1.23 bits per heavy atom. The van der Waals surface area contributed by atoms with Crippen LogP contribution in [0.4, 0.5) is 0 Å². The summed E-state index contributed by atoms with van der Waals surface area (Å²) in [7, 11) is 3.89. The van der Waals surface area contributed by atoms with Crippen LogP contribution < -0.4 is 10.6 Å². The number of aryl methyl sites for hydroxylation is 2. The third-order valence-electron chi connectivity index (χ3n) is 4.63. The monoisotopic (exact) mass is 305 g/mol. The number of hydrogen-bond donors (Lipinski definition) is 2. The summed E-state index contributed by atoms with van der Waals surface area (Å²) in [6.45, 7) is 5.15. The topological polar surface area (TPSA) is 54.2 Å². The Morgan fingerprint density at radius 3 is 2.55 bits per heavy atom. The summed E-state index contributed by atoms with van der Waals surface area (Å²) in [5.41, 5.74) is 3.84. The molecule has 5 heteroatoms. The molecule has 0 amide bonds. The second-order valence-electron chi connectivity index (χ2n) is 6.11. The average Bonchev–Trinajstić information content (AvgIpc) is 2.87. The van der Waals surface area contributed by atoms with Crippen LogP contribution in [0.15, 0.2) is 4.99 Å². The summed E-state index contributed by atoms with van der Waals surface area (Å²) in [5.74, 6) is 0.917. The molecule has 0 radical (unpaired) electrons. The molecule has 1 aliphatic rings. The van der Waals surface area contributed by atoms with Gasteiger partial charge in [0, 0.05) is 37.9 Å². The van der Waals surface area contributed by atoms with Gasteiger partial charge in [0.25, 0.3) is 0 Å². The van der Waals surface area contributed by atoms with Gasteiger partial charge in [-0.25, -0.2) is 0 Å². The van der Waals surface area contributed by atoms with Gasteiger partial charge in [-0.15, -0.1) is 0 Å². The minimum absolute atomic E-state index is 0.574. The van der Waals surface area contributed by atoms with Crippen LogP contribution >= 0.6 is 0 Å². The molecular weight excluding hydrogens is 274 g/mol. The first-order chi connectivity index (χ1) is 10.7. The van der Waals surface area contributed by atoms with Crippen LogP contribution in [0.2, 0.25) is 0 Å². The first-order valence-electron chi connectivity index (χ1n) is 8.70. The zero-order chi connectivity index (χ0) is 15.9. The van der Waals surface area contributed by atoms with Crippen LogP contribution in [0.25, 0.3) is 0 Å². The predicted molar refractivity (Wildman–Crippen MR) is 92.2 cm³/mol. The van der Waals surface area contributed by atoms with Crippen molar-refractivity contribution in [3.63, 3.8) is 0 Å². The fourth-order valence-corrected chi connectivity index (χ4v) is 3.40. The number of aliphatic imine (C=N–C) groups is 1. The van der Waals surface area contributed by atoms with Gasteiger partial charge >= 0.3 is 0 Å². The number of aromatic nitrogens is 2. The van der Waals surface area contributed by atoms with E-state index in [4.69, 9.17) is 0 Å². The predicted octanol–water partition coefficient (Wildman–Crippen LogP) is 2.54. The highest BCUT2D eigenvalue weighted by Gasteiger charge is 2.16. The molecule has 0 unspecified atom stereocenters. The molecular formula is C17H31N5. The molecule has 1 fully saturated rings. The summed E-state index contributed by atoms with van der Waals surface area (Å²) in [5, 5.41) is 11.7. The van der Waals surface area contributed by atoms with Gasteiger partial charge in [-0.1, -0.05) is 33.1 Å². The molecule has 5 nitrogen and oxygen atoms in total. The van der Waals surface area contributed by atoms with E-state index in [0.717, 1.165) is 25.3 Å². The quantitative estimate of drug-likeness (QED) is 0.649. The fraction of sp³-hybridized carbons (Fsp3) is 0.765. The van der Waals surface area contributed by atoms with Crippen molar-refractivity contribution in [1.82, 2.24) is 20.4 Å². The fourth-order valence-electron chi connectivity index (χ4n) is 3.40. The van der Waals surface area contributed by atoms with Crippen LogP contribution in [-0.2, 0) is 26.4 Å². The largest absolute Gasteiger partial charge is 0.354 e. The Morgan fingerprint density at radius 2 is 1.95 bits per heavy atom. The van der Waals surface area contributed by atoms with E-state index in [1.54, 1.807) is 0 Å². The molecule has 22 heavy (non-hydrogen) atoms. The number of nitrogens with zero attached hydrogens (tertiary/aromatic N) is 3. The van der Waals surface area contributed by atoms with Crippen molar-refractivity contribution in [2.24, 2.45) is 12.0 Å². The van der Waals surface area contributed by atoms with Crippen LogP contribution in [0.3, 0.4) is 0 Å². The van der Waals surface area contributed by atoms with Crippen molar-refractivity contribution in [3.8, 4) is 0 Å². The molecule has 0 atom stereocenters. The summed E-state index contributed by atoms with van der Waals surface area (Å²) < 4.78 is 2.02. The summed E-state index contributed by atoms with van der Waals surface area (Å²) >= 11 is 0. The third kappa shape index (κ3) is 4.02. The van der Waals surface area contributed by atoms with Gasteiger partial charge in [0.2, 0.25) is 0 Å². The first-order valence-corrected chi connectivity index (χ1v) is 8.70. The standard InChI is InChI=1S/C17H31N5/c1-5-15-14(16(6-2)22(4)21-15)12-19-17(18-3)20-13-10-8-7-9-11-13/h13H,5-12H2,1-4H3,(H2,18,19,20). The second kappa shape index (κ2) is 8.20. The maximum atomic E-state index is 4.64. The molecule has 0 saturated heterocycles. The van der Waals surface area contributed by atoms with Gasteiger partial charge in [-0.3, -0.25) is 9.67 Å². The van der Waals surface area contributed by atoms with E-state index in [9.17, 15) is 0 Å². The van der Waals surface area contributed by atoms with E-state index in [-0.39, 0.29) is 0 Å². The maximum Gasteiger partial charge on any atom is 0.191 e. The molecule has 1 aliphatic carbocycles. The normalized spacial score (nSPS) is 16.8. The van der Waals surface area contributed by atoms with Gasteiger partial charge in [-0.05, 0) is 25.7 Å². The zero-order valence-electron chi connectivity index (χ0n) is 14.6. The van der Waals surface area contributed by atoms with Gasteiger partial charge in [0.1, 0.15) is 0 Å². The van der Waals surface area contributed by atoms with Crippen molar-refractivity contribution in [1.29, 1.82) is 0 Å². The van der Waals surface area contributed by atoms with Gasteiger partial charge in [0.15, 0.2) is 5.96 Å². The molecule has 124 valence electrons. The lowest BCUT2D eigenvalue weighted by molar-refractivity contribution is 0.410. The molecule has 1 aromatic rings. The molecule has 1 aromatic heterocycles. The van der Waals surface area contributed by atoms with Crippen molar-refractivity contribution in [2.45, 2.75) is 71.4 Å². The SMILES string of the molecule is CCc1nn(C)c(CC)c1CNC(=NC)NC1CCCCC1. The minimum atomic E-state index is 0.574. The molecule has 0 aliphatic heterocycles. The maximum absolute atomic E-state index is 4.64. The van der Waals surface area contributed by atoms with E-state index in [2.05, 4.69) is 34.6 Å². The smallest absolute Gasteiger partial charge is 0.191 e. The van der Waals surface area contributed by atoms with Gasteiger partial charge in [-0.2, -0.15) is 5.10 Å². The van der Waals surface area contributed by atoms with Crippen LogP contribution in [-0.4, -0.2) is 28.8 Å². The minimum Gasteiger partial charge on any atom is -0.354 e. The number of rotatable bonds is 5. The van der Waals surface area contributed by atoms with E-state index in [1.165, 1.54) is 49.1 Å². The van der Waals surface area contributed by atoms with E-state index < -0.39 is 0 Å². The lowest BCUT2D eigenvalue weighted by Gasteiger charge is -2.25. The van der Waals surface area contributed by atoms with Crippen LogP contribution in [0.1, 0.15) is 62.9 Å². The molecule has 0 spiro atoms. The molecule has 2 rings (SSSR count). The summed E-state index contributed by atoms with van der Waals surface area (Å²) in [6.07, 6.45) is 8.53. The Hall–Kier alpha value is -1.52. The number of guanidine groups is 1. The Balaban J connectivity index is 1.98. The Bertz CT molecular complexity index is 497. The Labute approximate surface area is 134 Å². The van der Waals surface area contributed by atoms with Crippen LogP contribution in [0, 0.1) is 0 Å². The highest BCUT2D eigenvalue weighted by atomic mass is 15.3. The van der Waals surface area contributed by atoms with E-state index in [0.29, 0.717) is 6.04 Å². The molecule has 1 heterocycles.